The Morgan fingerprint density at radius 2 is 1.78 bits per heavy atom. The first kappa shape index (κ1) is 13.3. The van der Waals surface area contributed by atoms with Crippen LogP contribution in [0.3, 0.4) is 0 Å². The third kappa shape index (κ3) is 1.65. The zero-order chi connectivity index (χ0) is 15.7. The molecule has 114 valence electrons. The van der Waals surface area contributed by atoms with Crippen molar-refractivity contribution >= 4 is 27.6 Å². The summed E-state index contributed by atoms with van der Waals surface area (Å²) in [5, 5.41) is 25.5. The van der Waals surface area contributed by atoms with Crippen LogP contribution in [0.2, 0.25) is 0 Å². The zero-order valence-electron chi connectivity index (χ0n) is 13.0. The van der Waals surface area contributed by atoms with Gasteiger partial charge >= 0.3 is 0 Å². The van der Waals surface area contributed by atoms with Gasteiger partial charge in [-0.1, -0.05) is 36.4 Å². The molecule has 0 heterocycles. The SMILES string of the molecule is Cc1ccc2cc3c4c(ccc3c3c2c1CC3)C=C[C@H](O)[C@H]4O. The largest absolute Gasteiger partial charge is 0.386 e. The van der Waals surface area contributed by atoms with Gasteiger partial charge in [0.25, 0.3) is 0 Å². The topological polar surface area (TPSA) is 40.5 Å². The lowest BCUT2D eigenvalue weighted by Gasteiger charge is -2.24. The summed E-state index contributed by atoms with van der Waals surface area (Å²) in [6.07, 6.45) is 4.05. The van der Waals surface area contributed by atoms with Crippen LogP contribution in [-0.4, -0.2) is 16.3 Å². The molecule has 23 heavy (non-hydrogen) atoms. The number of aryl methyl sites for hydroxylation is 3. The van der Waals surface area contributed by atoms with Crippen molar-refractivity contribution in [2.45, 2.75) is 32.0 Å². The fraction of sp³-hybridized carbons (Fsp3) is 0.238. The summed E-state index contributed by atoms with van der Waals surface area (Å²) in [5.41, 5.74) is 6.11. The van der Waals surface area contributed by atoms with Crippen LogP contribution in [0.15, 0.2) is 36.4 Å². The molecule has 0 radical (unpaired) electrons. The summed E-state index contributed by atoms with van der Waals surface area (Å²) in [7, 11) is 0. The number of fused-ring (bicyclic) bond motifs is 4. The highest BCUT2D eigenvalue weighted by Crippen LogP contribution is 2.42. The molecule has 0 fully saturated rings. The quantitative estimate of drug-likeness (QED) is 0.620. The molecule has 0 aliphatic heterocycles. The molecule has 0 aromatic heterocycles. The van der Waals surface area contributed by atoms with E-state index in [1.807, 2.05) is 6.08 Å². The van der Waals surface area contributed by atoms with Crippen LogP contribution in [0, 0.1) is 6.92 Å². The van der Waals surface area contributed by atoms with Crippen LogP contribution in [-0.2, 0) is 12.8 Å². The highest BCUT2D eigenvalue weighted by atomic mass is 16.3. The molecule has 3 aromatic rings. The second kappa shape index (κ2) is 4.44. The summed E-state index contributed by atoms with van der Waals surface area (Å²) in [6, 6.07) is 10.8. The second-order valence-corrected chi connectivity index (χ2v) is 6.77. The van der Waals surface area contributed by atoms with E-state index in [0.29, 0.717) is 0 Å². The first-order chi connectivity index (χ1) is 11.1. The standard InChI is InChI=1S/C21H18O2/c1-11-2-3-13-10-17-15(16-8-7-14(11)19(13)16)6-4-12-5-9-18(22)21(23)20(12)17/h2-6,9-10,18,21-23H,7-8H2,1H3/t18-,21+/m0/s1. The van der Waals surface area contributed by atoms with E-state index >= 15 is 0 Å². The molecule has 0 spiro atoms. The molecule has 2 nitrogen and oxygen atoms in total. The second-order valence-electron chi connectivity index (χ2n) is 6.77. The van der Waals surface area contributed by atoms with Crippen molar-refractivity contribution in [2.24, 2.45) is 0 Å². The van der Waals surface area contributed by atoms with Crippen molar-refractivity contribution in [1.29, 1.82) is 0 Å². The van der Waals surface area contributed by atoms with Crippen molar-refractivity contribution in [2.75, 3.05) is 0 Å². The molecule has 0 saturated carbocycles. The third-order valence-corrected chi connectivity index (χ3v) is 5.54. The maximum Gasteiger partial charge on any atom is 0.110 e. The molecule has 0 unspecified atom stereocenters. The summed E-state index contributed by atoms with van der Waals surface area (Å²) in [5.74, 6) is 0. The van der Waals surface area contributed by atoms with E-state index in [1.165, 1.54) is 32.8 Å². The van der Waals surface area contributed by atoms with Gasteiger partial charge in [0, 0.05) is 0 Å². The van der Waals surface area contributed by atoms with Crippen molar-refractivity contribution in [3.05, 3.63) is 64.2 Å². The number of rotatable bonds is 0. The fourth-order valence-electron chi connectivity index (χ4n) is 4.39. The Hall–Kier alpha value is -2.16. The lowest BCUT2D eigenvalue weighted by molar-refractivity contribution is 0.0480. The molecule has 0 amide bonds. The molecule has 2 aliphatic rings. The van der Waals surface area contributed by atoms with Gasteiger partial charge in [-0.3, -0.25) is 0 Å². The molecule has 0 saturated heterocycles. The lowest BCUT2D eigenvalue weighted by atomic mass is 9.85. The predicted molar refractivity (Wildman–Crippen MR) is 93.6 cm³/mol. The minimum Gasteiger partial charge on any atom is -0.386 e. The first-order valence-electron chi connectivity index (χ1n) is 8.20. The molecular weight excluding hydrogens is 284 g/mol. The van der Waals surface area contributed by atoms with Gasteiger partial charge in [0.05, 0.1) is 0 Å². The Balaban J connectivity index is 1.96. The fourth-order valence-corrected chi connectivity index (χ4v) is 4.39. The molecule has 2 aliphatic carbocycles. The van der Waals surface area contributed by atoms with Gasteiger partial charge in [-0.2, -0.15) is 0 Å². The Kier molecular flexibility index (Phi) is 2.56. The molecule has 2 heteroatoms. The molecule has 5 rings (SSSR count). The van der Waals surface area contributed by atoms with E-state index in [2.05, 4.69) is 37.3 Å². The van der Waals surface area contributed by atoms with Gasteiger partial charge in [-0.05, 0) is 75.2 Å². The number of hydrogen-bond acceptors (Lipinski definition) is 2. The third-order valence-electron chi connectivity index (χ3n) is 5.54. The molecule has 0 bridgehead atoms. The van der Waals surface area contributed by atoms with Crippen LogP contribution >= 0.6 is 0 Å². The van der Waals surface area contributed by atoms with E-state index < -0.39 is 12.2 Å². The lowest BCUT2D eigenvalue weighted by Crippen LogP contribution is -2.19. The van der Waals surface area contributed by atoms with E-state index in [1.54, 1.807) is 6.08 Å². The Labute approximate surface area is 134 Å². The van der Waals surface area contributed by atoms with Gasteiger partial charge < -0.3 is 10.2 Å². The minimum absolute atomic E-state index is 0.828. The first-order valence-corrected chi connectivity index (χ1v) is 8.20. The van der Waals surface area contributed by atoms with Gasteiger partial charge in [0.15, 0.2) is 0 Å². The molecule has 2 N–H and O–H groups in total. The highest BCUT2D eigenvalue weighted by Gasteiger charge is 2.27. The van der Waals surface area contributed by atoms with Gasteiger partial charge in [0.2, 0.25) is 0 Å². The van der Waals surface area contributed by atoms with E-state index in [0.717, 1.165) is 29.4 Å². The van der Waals surface area contributed by atoms with Crippen molar-refractivity contribution in [1.82, 2.24) is 0 Å². The average molecular weight is 302 g/mol. The number of benzene rings is 3. The van der Waals surface area contributed by atoms with E-state index in [-0.39, 0.29) is 0 Å². The Morgan fingerprint density at radius 1 is 0.957 bits per heavy atom. The van der Waals surface area contributed by atoms with E-state index in [9.17, 15) is 10.2 Å². The normalized spacial score (nSPS) is 22.0. The highest BCUT2D eigenvalue weighted by molar-refractivity contribution is 6.07. The number of aliphatic hydroxyl groups excluding tert-OH is 2. The minimum atomic E-state index is -0.852. The van der Waals surface area contributed by atoms with Crippen LogP contribution < -0.4 is 0 Å². The number of hydrogen-bond donors (Lipinski definition) is 2. The van der Waals surface area contributed by atoms with Crippen LogP contribution in [0.5, 0.6) is 0 Å². The maximum atomic E-state index is 10.5. The monoisotopic (exact) mass is 302 g/mol. The Bertz CT molecular complexity index is 1010. The van der Waals surface area contributed by atoms with Crippen LogP contribution in [0.25, 0.3) is 27.6 Å². The molecular formula is C21H18O2. The van der Waals surface area contributed by atoms with E-state index in [4.69, 9.17) is 0 Å². The smallest absolute Gasteiger partial charge is 0.110 e. The van der Waals surface area contributed by atoms with Gasteiger partial charge in [-0.25, -0.2) is 0 Å². The Morgan fingerprint density at radius 3 is 2.65 bits per heavy atom. The van der Waals surface area contributed by atoms with Crippen molar-refractivity contribution in [3.8, 4) is 0 Å². The molecule has 3 aromatic carbocycles. The van der Waals surface area contributed by atoms with Gasteiger partial charge in [-0.15, -0.1) is 0 Å². The average Bonchev–Trinajstić information content (AvgIpc) is 3.00. The zero-order valence-corrected chi connectivity index (χ0v) is 13.0. The maximum absolute atomic E-state index is 10.5. The summed E-state index contributed by atoms with van der Waals surface area (Å²) in [4.78, 5) is 0. The summed E-state index contributed by atoms with van der Waals surface area (Å²) >= 11 is 0. The van der Waals surface area contributed by atoms with Gasteiger partial charge in [0.1, 0.15) is 12.2 Å². The number of aliphatic hydroxyl groups is 2. The van der Waals surface area contributed by atoms with Crippen LogP contribution in [0.4, 0.5) is 0 Å². The molecule has 2 atom stereocenters. The summed E-state index contributed by atoms with van der Waals surface area (Å²) < 4.78 is 0. The van der Waals surface area contributed by atoms with Crippen molar-refractivity contribution < 1.29 is 10.2 Å². The van der Waals surface area contributed by atoms with Crippen molar-refractivity contribution in [3.63, 3.8) is 0 Å². The predicted octanol–water partition coefficient (Wildman–Crippen LogP) is 3.82. The summed E-state index contributed by atoms with van der Waals surface area (Å²) in [6.45, 7) is 2.19. The van der Waals surface area contributed by atoms with Crippen LogP contribution in [0.1, 0.15) is 33.9 Å².